The molecule has 0 aliphatic heterocycles. The number of benzene rings is 2. The van der Waals surface area contributed by atoms with Gasteiger partial charge in [-0.05, 0) is 42.5 Å². The SMILES string of the molecule is O=C(O)c1ccc(N=Cc2ccc(-c3ccc([N+](=O)[O-])cc3Cl)o2)cc1. The highest BCUT2D eigenvalue weighted by Gasteiger charge is 2.13. The van der Waals surface area contributed by atoms with Crippen molar-refractivity contribution in [2.75, 3.05) is 0 Å². The number of halogens is 1. The first-order valence-corrected chi connectivity index (χ1v) is 7.73. The number of nitrogens with zero attached hydrogens (tertiary/aromatic N) is 2. The van der Waals surface area contributed by atoms with E-state index >= 15 is 0 Å². The largest absolute Gasteiger partial charge is 0.478 e. The Hall–Kier alpha value is -3.45. The molecule has 0 aliphatic carbocycles. The minimum Gasteiger partial charge on any atom is -0.478 e. The van der Waals surface area contributed by atoms with Gasteiger partial charge in [-0.1, -0.05) is 11.6 Å². The van der Waals surface area contributed by atoms with Crippen molar-refractivity contribution in [3.8, 4) is 11.3 Å². The van der Waals surface area contributed by atoms with Gasteiger partial charge in [0, 0.05) is 17.7 Å². The Morgan fingerprint density at radius 3 is 2.50 bits per heavy atom. The van der Waals surface area contributed by atoms with Crippen molar-refractivity contribution in [2.45, 2.75) is 0 Å². The molecule has 1 N–H and O–H groups in total. The number of furan rings is 1. The zero-order valence-corrected chi connectivity index (χ0v) is 13.9. The Kier molecular flexibility index (Phi) is 4.81. The predicted octanol–water partition coefficient (Wildman–Crippen LogP) is 4.96. The molecular formula is C18H11ClN2O5. The highest BCUT2D eigenvalue weighted by atomic mass is 35.5. The van der Waals surface area contributed by atoms with Gasteiger partial charge in [-0.15, -0.1) is 0 Å². The van der Waals surface area contributed by atoms with Crippen LogP contribution in [0.1, 0.15) is 16.1 Å². The molecule has 1 aromatic heterocycles. The molecule has 0 radical (unpaired) electrons. The lowest BCUT2D eigenvalue weighted by atomic mass is 10.1. The van der Waals surface area contributed by atoms with Gasteiger partial charge in [0.1, 0.15) is 11.5 Å². The van der Waals surface area contributed by atoms with E-state index in [9.17, 15) is 14.9 Å². The van der Waals surface area contributed by atoms with Crippen molar-refractivity contribution in [3.05, 3.63) is 81.1 Å². The number of carboxylic acids is 1. The quantitative estimate of drug-likeness (QED) is 0.388. The van der Waals surface area contributed by atoms with Crippen molar-refractivity contribution in [3.63, 3.8) is 0 Å². The number of hydrogen-bond acceptors (Lipinski definition) is 5. The summed E-state index contributed by atoms with van der Waals surface area (Å²) in [5.74, 6) is -0.0968. The lowest BCUT2D eigenvalue weighted by molar-refractivity contribution is -0.384. The molecular weight excluding hydrogens is 360 g/mol. The molecule has 26 heavy (non-hydrogen) atoms. The maximum absolute atomic E-state index is 10.8. The smallest absolute Gasteiger partial charge is 0.335 e. The average Bonchev–Trinajstić information content (AvgIpc) is 3.08. The van der Waals surface area contributed by atoms with E-state index in [1.165, 1.54) is 36.5 Å². The summed E-state index contributed by atoms with van der Waals surface area (Å²) in [6.07, 6.45) is 1.48. The van der Waals surface area contributed by atoms with Gasteiger partial charge in [-0.2, -0.15) is 0 Å². The molecule has 0 fully saturated rings. The zero-order chi connectivity index (χ0) is 18.7. The van der Waals surface area contributed by atoms with E-state index in [1.54, 1.807) is 24.3 Å². The van der Waals surface area contributed by atoms with Crippen molar-refractivity contribution in [1.82, 2.24) is 0 Å². The number of nitro benzene ring substituents is 1. The van der Waals surface area contributed by atoms with Gasteiger partial charge in [0.15, 0.2) is 0 Å². The standard InChI is InChI=1S/C18H11ClN2O5/c19-16-9-13(21(24)25)5-7-15(16)17-8-6-14(26-17)10-20-12-3-1-11(2-4-12)18(22)23/h1-10H,(H,22,23). The van der Waals surface area contributed by atoms with Gasteiger partial charge in [0.05, 0.1) is 27.4 Å². The third-order valence-corrected chi connectivity index (χ3v) is 3.82. The van der Waals surface area contributed by atoms with Gasteiger partial charge < -0.3 is 9.52 Å². The molecule has 0 bridgehead atoms. The van der Waals surface area contributed by atoms with Crippen LogP contribution in [0.4, 0.5) is 11.4 Å². The molecule has 8 heteroatoms. The van der Waals surface area contributed by atoms with Crippen LogP contribution >= 0.6 is 11.6 Å². The summed E-state index contributed by atoms with van der Waals surface area (Å²) >= 11 is 6.08. The molecule has 3 aromatic rings. The van der Waals surface area contributed by atoms with Crippen LogP contribution in [0.5, 0.6) is 0 Å². The fourth-order valence-electron chi connectivity index (χ4n) is 2.21. The van der Waals surface area contributed by atoms with Crippen LogP contribution in [0.3, 0.4) is 0 Å². The Labute approximate surface area is 152 Å². The Morgan fingerprint density at radius 2 is 1.88 bits per heavy atom. The predicted molar refractivity (Wildman–Crippen MR) is 96.5 cm³/mol. The summed E-state index contributed by atoms with van der Waals surface area (Å²) in [7, 11) is 0. The second kappa shape index (κ2) is 7.20. The van der Waals surface area contributed by atoms with Crippen molar-refractivity contribution >= 4 is 35.2 Å². The highest BCUT2D eigenvalue weighted by molar-refractivity contribution is 6.33. The van der Waals surface area contributed by atoms with Crippen LogP contribution in [-0.2, 0) is 0 Å². The first-order chi connectivity index (χ1) is 12.4. The Bertz CT molecular complexity index is 1010. The first-order valence-electron chi connectivity index (χ1n) is 7.35. The second-order valence-electron chi connectivity index (χ2n) is 5.23. The van der Waals surface area contributed by atoms with Gasteiger partial charge >= 0.3 is 5.97 Å². The van der Waals surface area contributed by atoms with Crippen LogP contribution in [0.15, 0.2) is 64.0 Å². The molecule has 0 saturated heterocycles. The number of nitro groups is 1. The number of aliphatic imine (C=N–C) groups is 1. The summed E-state index contributed by atoms with van der Waals surface area (Å²) in [5, 5.41) is 19.8. The highest BCUT2D eigenvalue weighted by Crippen LogP contribution is 2.32. The van der Waals surface area contributed by atoms with Gasteiger partial charge in [-0.3, -0.25) is 15.1 Å². The van der Waals surface area contributed by atoms with Crippen LogP contribution < -0.4 is 0 Å². The van der Waals surface area contributed by atoms with Crippen LogP contribution in [0.25, 0.3) is 11.3 Å². The summed E-state index contributed by atoms with van der Waals surface area (Å²) in [6, 6.07) is 13.6. The fraction of sp³-hybridized carbons (Fsp3) is 0. The summed E-state index contributed by atoms with van der Waals surface area (Å²) < 4.78 is 5.64. The van der Waals surface area contributed by atoms with Crippen LogP contribution in [-0.4, -0.2) is 22.2 Å². The minimum atomic E-state index is -1.00. The summed E-state index contributed by atoms with van der Waals surface area (Å²) in [5.41, 5.74) is 1.18. The second-order valence-corrected chi connectivity index (χ2v) is 5.64. The monoisotopic (exact) mass is 370 g/mol. The summed E-state index contributed by atoms with van der Waals surface area (Å²) in [6.45, 7) is 0. The molecule has 0 unspecified atom stereocenters. The lowest BCUT2D eigenvalue weighted by Crippen LogP contribution is -1.94. The van der Waals surface area contributed by atoms with Gasteiger partial charge in [0.2, 0.25) is 0 Å². The maximum atomic E-state index is 10.8. The van der Waals surface area contributed by atoms with E-state index in [-0.39, 0.29) is 16.3 Å². The normalized spacial score (nSPS) is 11.0. The van der Waals surface area contributed by atoms with E-state index in [0.29, 0.717) is 22.8 Å². The van der Waals surface area contributed by atoms with E-state index < -0.39 is 10.9 Å². The summed E-state index contributed by atoms with van der Waals surface area (Å²) in [4.78, 5) is 25.3. The molecule has 0 saturated carbocycles. The molecule has 0 aliphatic rings. The first kappa shape index (κ1) is 17.4. The minimum absolute atomic E-state index is 0.100. The fourth-order valence-corrected chi connectivity index (χ4v) is 2.48. The number of carbonyl (C=O) groups is 1. The number of carboxylic acid groups (broad SMARTS) is 1. The van der Waals surface area contributed by atoms with Crippen molar-refractivity contribution in [2.24, 2.45) is 4.99 Å². The third-order valence-electron chi connectivity index (χ3n) is 3.51. The number of hydrogen-bond donors (Lipinski definition) is 1. The molecule has 2 aromatic carbocycles. The van der Waals surface area contributed by atoms with E-state index in [2.05, 4.69) is 4.99 Å². The molecule has 130 valence electrons. The zero-order valence-electron chi connectivity index (χ0n) is 13.1. The van der Waals surface area contributed by atoms with E-state index in [4.69, 9.17) is 21.1 Å². The molecule has 7 nitrogen and oxygen atoms in total. The van der Waals surface area contributed by atoms with E-state index in [0.717, 1.165) is 0 Å². The van der Waals surface area contributed by atoms with Gasteiger partial charge in [0.25, 0.3) is 5.69 Å². The molecule has 0 amide bonds. The maximum Gasteiger partial charge on any atom is 0.335 e. The lowest BCUT2D eigenvalue weighted by Gasteiger charge is -2.00. The van der Waals surface area contributed by atoms with Gasteiger partial charge in [-0.25, -0.2) is 4.79 Å². The molecule has 3 rings (SSSR count). The average molecular weight is 371 g/mol. The third kappa shape index (κ3) is 3.79. The van der Waals surface area contributed by atoms with Crippen molar-refractivity contribution in [1.29, 1.82) is 0 Å². The molecule has 1 heterocycles. The number of non-ortho nitro benzene ring substituents is 1. The topological polar surface area (TPSA) is 106 Å². The Balaban J connectivity index is 1.79. The van der Waals surface area contributed by atoms with E-state index in [1.807, 2.05) is 0 Å². The molecule has 0 atom stereocenters. The van der Waals surface area contributed by atoms with Crippen molar-refractivity contribution < 1.29 is 19.2 Å². The van der Waals surface area contributed by atoms with Crippen LogP contribution in [0.2, 0.25) is 5.02 Å². The Morgan fingerprint density at radius 1 is 1.15 bits per heavy atom. The molecule has 0 spiro atoms. The van der Waals surface area contributed by atoms with Crippen LogP contribution in [0, 0.1) is 10.1 Å². The number of rotatable bonds is 5. The number of aromatic carboxylic acids is 1.